The zero-order chi connectivity index (χ0) is 25.7. The van der Waals surface area contributed by atoms with E-state index in [0.717, 1.165) is 24.1 Å². The smallest absolute Gasteiger partial charge is 0.259 e. The predicted octanol–water partition coefficient (Wildman–Crippen LogP) is 3.01. The predicted molar refractivity (Wildman–Crippen MR) is 137 cm³/mol. The van der Waals surface area contributed by atoms with E-state index in [2.05, 4.69) is 30.8 Å². The van der Waals surface area contributed by atoms with E-state index >= 15 is 0 Å². The number of carbonyl (C=O) groups is 2. The van der Waals surface area contributed by atoms with E-state index in [0.29, 0.717) is 30.1 Å². The lowest BCUT2D eigenvalue weighted by molar-refractivity contribution is 0.0331. The number of hydrogen-bond donors (Lipinski definition) is 1. The number of aliphatic hydroxyl groups is 1. The number of likely N-dealkylation sites (N-methyl/N-ethyl adjacent to an activating group) is 1. The molecule has 8 nitrogen and oxygen atoms in total. The Morgan fingerprint density at radius 1 is 1.26 bits per heavy atom. The first-order chi connectivity index (χ1) is 16.7. The van der Waals surface area contributed by atoms with Crippen LogP contribution in [-0.4, -0.2) is 96.1 Å². The van der Waals surface area contributed by atoms with Gasteiger partial charge in [0.1, 0.15) is 11.7 Å². The summed E-state index contributed by atoms with van der Waals surface area (Å²) in [5, 5.41) is 9.86. The van der Waals surface area contributed by atoms with Crippen molar-refractivity contribution < 1.29 is 19.4 Å². The molecule has 0 saturated heterocycles. The second-order valence-electron chi connectivity index (χ2n) is 9.74. The van der Waals surface area contributed by atoms with E-state index in [1.54, 1.807) is 43.4 Å². The first-order valence-electron chi connectivity index (χ1n) is 12.2. The van der Waals surface area contributed by atoms with Gasteiger partial charge in [-0.1, -0.05) is 26.0 Å². The van der Waals surface area contributed by atoms with Crippen molar-refractivity contribution in [1.82, 2.24) is 19.7 Å². The normalized spacial score (nSPS) is 19.0. The van der Waals surface area contributed by atoms with E-state index in [-0.39, 0.29) is 36.5 Å². The summed E-state index contributed by atoms with van der Waals surface area (Å²) in [6, 6.07) is 8.73. The zero-order valence-corrected chi connectivity index (χ0v) is 21.7. The third-order valence-electron chi connectivity index (χ3n) is 6.47. The molecule has 0 unspecified atom stereocenters. The summed E-state index contributed by atoms with van der Waals surface area (Å²) in [6.45, 7) is 8.06. The molecule has 190 valence electrons. The van der Waals surface area contributed by atoms with E-state index < -0.39 is 0 Å². The standard InChI is InChI=1S/C27H38N4O4/c1-7-11-30(6)16-24-18(2)15-31(19(3)17-32)27(34)23-13-22(14-28-25(23)35-24)20-9-8-10-21(12-20)26(33)29(4)5/h8-10,12-14,18-19,24,32H,7,11,15-17H2,1-6H3/t18-,19+,24-/m1/s1. The number of aromatic nitrogens is 1. The van der Waals surface area contributed by atoms with Gasteiger partial charge < -0.3 is 24.5 Å². The van der Waals surface area contributed by atoms with Gasteiger partial charge in [0.15, 0.2) is 0 Å². The monoisotopic (exact) mass is 482 g/mol. The van der Waals surface area contributed by atoms with Gasteiger partial charge in [0.05, 0.1) is 12.6 Å². The van der Waals surface area contributed by atoms with Gasteiger partial charge in [0.2, 0.25) is 5.88 Å². The van der Waals surface area contributed by atoms with Gasteiger partial charge >= 0.3 is 0 Å². The van der Waals surface area contributed by atoms with Crippen molar-refractivity contribution in [3.8, 4) is 17.0 Å². The van der Waals surface area contributed by atoms with Crippen molar-refractivity contribution in [1.29, 1.82) is 0 Å². The van der Waals surface area contributed by atoms with Crippen molar-refractivity contribution >= 4 is 11.8 Å². The number of pyridine rings is 1. The molecule has 0 aliphatic carbocycles. The van der Waals surface area contributed by atoms with E-state index in [1.165, 1.54) is 4.90 Å². The molecule has 3 atom stereocenters. The first kappa shape index (κ1) is 26.6. The topological polar surface area (TPSA) is 86.2 Å². The van der Waals surface area contributed by atoms with Crippen LogP contribution in [0.5, 0.6) is 5.88 Å². The Balaban J connectivity index is 2.04. The highest BCUT2D eigenvalue weighted by Gasteiger charge is 2.34. The van der Waals surface area contributed by atoms with Crippen molar-refractivity contribution in [2.24, 2.45) is 5.92 Å². The number of fused-ring (bicyclic) bond motifs is 1. The van der Waals surface area contributed by atoms with Crippen LogP contribution in [0.15, 0.2) is 36.5 Å². The highest BCUT2D eigenvalue weighted by molar-refractivity contribution is 5.98. The number of aliphatic hydroxyl groups excluding tert-OH is 1. The number of amides is 2. The molecule has 1 N–H and O–H groups in total. The van der Waals surface area contributed by atoms with Crippen LogP contribution in [-0.2, 0) is 0 Å². The molecular weight excluding hydrogens is 444 g/mol. The largest absolute Gasteiger partial charge is 0.472 e. The van der Waals surface area contributed by atoms with Crippen LogP contribution in [0.2, 0.25) is 0 Å². The minimum absolute atomic E-state index is 0.0515. The molecule has 1 aromatic carbocycles. The number of rotatable bonds is 8. The average molecular weight is 483 g/mol. The maximum absolute atomic E-state index is 13.6. The number of carbonyl (C=O) groups excluding carboxylic acids is 2. The van der Waals surface area contributed by atoms with Crippen LogP contribution in [0.1, 0.15) is 47.9 Å². The van der Waals surface area contributed by atoms with Gasteiger partial charge in [0, 0.05) is 50.4 Å². The first-order valence-corrected chi connectivity index (χ1v) is 12.2. The van der Waals surface area contributed by atoms with Gasteiger partial charge in [-0.15, -0.1) is 0 Å². The number of benzene rings is 1. The average Bonchev–Trinajstić information content (AvgIpc) is 2.85. The molecule has 0 spiro atoms. The highest BCUT2D eigenvalue weighted by Crippen LogP contribution is 2.30. The summed E-state index contributed by atoms with van der Waals surface area (Å²) in [7, 11) is 5.49. The Labute approximate surface area is 208 Å². The summed E-state index contributed by atoms with van der Waals surface area (Å²) >= 11 is 0. The maximum atomic E-state index is 13.6. The summed E-state index contributed by atoms with van der Waals surface area (Å²) in [6.07, 6.45) is 2.56. The van der Waals surface area contributed by atoms with Crippen molar-refractivity contribution in [3.63, 3.8) is 0 Å². The van der Waals surface area contributed by atoms with E-state index in [4.69, 9.17) is 4.74 Å². The minimum Gasteiger partial charge on any atom is -0.472 e. The van der Waals surface area contributed by atoms with Crippen LogP contribution in [0, 0.1) is 5.92 Å². The Morgan fingerprint density at radius 2 is 2.00 bits per heavy atom. The quantitative estimate of drug-likeness (QED) is 0.623. The lowest BCUT2D eigenvalue weighted by Crippen LogP contribution is -2.50. The van der Waals surface area contributed by atoms with Crippen molar-refractivity contribution in [2.75, 3.05) is 47.4 Å². The molecule has 1 aliphatic heterocycles. The fourth-order valence-corrected chi connectivity index (χ4v) is 4.35. The Kier molecular flexibility index (Phi) is 8.86. The fourth-order valence-electron chi connectivity index (χ4n) is 4.35. The van der Waals surface area contributed by atoms with E-state index in [9.17, 15) is 14.7 Å². The molecule has 0 fully saturated rings. The van der Waals surface area contributed by atoms with Gasteiger partial charge in [-0.25, -0.2) is 4.98 Å². The van der Waals surface area contributed by atoms with Gasteiger partial charge in [-0.3, -0.25) is 9.59 Å². The minimum atomic E-state index is -0.338. The van der Waals surface area contributed by atoms with Crippen LogP contribution in [0.3, 0.4) is 0 Å². The molecule has 2 aromatic rings. The fraction of sp³-hybridized carbons (Fsp3) is 0.519. The number of nitrogens with zero attached hydrogens (tertiary/aromatic N) is 4. The second kappa shape index (κ2) is 11.6. The maximum Gasteiger partial charge on any atom is 0.259 e. The Morgan fingerprint density at radius 3 is 2.66 bits per heavy atom. The molecule has 35 heavy (non-hydrogen) atoms. The van der Waals surface area contributed by atoms with Crippen molar-refractivity contribution in [3.05, 3.63) is 47.7 Å². The Bertz CT molecular complexity index is 1040. The van der Waals surface area contributed by atoms with Gasteiger partial charge in [-0.2, -0.15) is 0 Å². The SMILES string of the molecule is CCCN(C)C[C@H]1Oc2ncc(-c3cccc(C(=O)N(C)C)c3)cc2C(=O)N([C@@H](C)CO)C[C@H]1C. The second-order valence-corrected chi connectivity index (χ2v) is 9.74. The summed E-state index contributed by atoms with van der Waals surface area (Å²) in [4.78, 5) is 36.1. The molecule has 3 rings (SSSR count). The molecule has 0 saturated carbocycles. The summed E-state index contributed by atoms with van der Waals surface area (Å²) in [5.41, 5.74) is 2.43. The molecule has 2 heterocycles. The van der Waals surface area contributed by atoms with Crippen LogP contribution in [0.4, 0.5) is 0 Å². The van der Waals surface area contributed by atoms with E-state index in [1.807, 2.05) is 19.1 Å². The molecule has 2 amide bonds. The molecule has 1 aliphatic rings. The molecular formula is C27H38N4O4. The highest BCUT2D eigenvalue weighted by atomic mass is 16.5. The van der Waals surface area contributed by atoms with Crippen LogP contribution >= 0.6 is 0 Å². The van der Waals surface area contributed by atoms with Crippen molar-refractivity contribution in [2.45, 2.75) is 39.3 Å². The molecule has 0 bridgehead atoms. The summed E-state index contributed by atoms with van der Waals surface area (Å²) < 4.78 is 6.36. The number of hydrogen-bond acceptors (Lipinski definition) is 6. The molecule has 8 heteroatoms. The molecule has 1 aromatic heterocycles. The Hall–Kier alpha value is -2.97. The number of ether oxygens (including phenoxy) is 1. The molecule has 0 radical (unpaired) electrons. The zero-order valence-electron chi connectivity index (χ0n) is 21.7. The van der Waals surface area contributed by atoms with Gasteiger partial charge in [-0.05, 0) is 50.7 Å². The van der Waals surface area contributed by atoms with Crippen LogP contribution in [0.25, 0.3) is 11.1 Å². The van der Waals surface area contributed by atoms with Gasteiger partial charge in [0.25, 0.3) is 11.8 Å². The third kappa shape index (κ3) is 6.18. The van der Waals surface area contributed by atoms with Crippen LogP contribution < -0.4 is 4.74 Å². The third-order valence-corrected chi connectivity index (χ3v) is 6.47. The lowest BCUT2D eigenvalue weighted by Gasteiger charge is -2.37. The summed E-state index contributed by atoms with van der Waals surface area (Å²) in [5.74, 6) is 0.0385. The lowest BCUT2D eigenvalue weighted by atomic mass is 9.98.